The van der Waals surface area contributed by atoms with Gasteiger partial charge in [-0.2, -0.15) is 0 Å². The lowest BCUT2D eigenvalue weighted by Gasteiger charge is -2.12. The zero-order chi connectivity index (χ0) is 22.8. The molecule has 1 aromatic heterocycles. The molecule has 4 aromatic rings. The number of amides is 2. The first-order chi connectivity index (χ1) is 16.1. The predicted molar refractivity (Wildman–Crippen MR) is 121 cm³/mol. The standard InChI is InChI=1S/C25H18N2O6/c28-23(26-13-15-9-10-21-22(11-15)32-14-31-21)17-6-2-3-7-19(17)27-24(29)18-12-16-5-1-4-8-20(16)33-25(18)30/h1-12H,13-14H2,(H,26,28)(H,27,29). The van der Waals surface area contributed by atoms with Gasteiger partial charge >= 0.3 is 5.63 Å². The minimum atomic E-state index is -0.754. The van der Waals surface area contributed by atoms with Crippen LogP contribution < -0.4 is 25.7 Å². The molecule has 1 aliphatic heterocycles. The van der Waals surface area contributed by atoms with Gasteiger partial charge in [-0.1, -0.05) is 36.4 Å². The number of carbonyl (C=O) groups is 2. The first kappa shape index (κ1) is 20.3. The molecule has 0 saturated carbocycles. The average molecular weight is 442 g/mol. The summed E-state index contributed by atoms with van der Waals surface area (Å²) in [5.74, 6) is 0.250. The number of carbonyl (C=O) groups excluding carboxylic acids is 2. The molecule has 0 radical (unpaired) electrons. The normalized spacial score (nSPS) is 11.9. The van der Waals surface area contributed by atoms with E-state index in [4.69, 9.17) is 13.9 Å². The third kappa shape index (κ3) is 4.14. The van der Waals surface area contributed by atoms with Gasteiger partial charge in [-0.3, -0.25) is 9.59 Å². The van der Waals surface area contributed by atoms with E-state index in [1.54, 1.807) is 60.7 Å². The molecule has 0 atom stereocenters. The molecule has 5 rings (SSSR count). The van der Waals surface area contributed by atoms with Crippen LogP contribution in [0.15, 0.2) is 82.0 Å². The second-order valence-corrected chi connectivity index (χ2v) is 7.36. The highest BCUT2D eigenvalue weighted by Crippen LogP contribution is 2.32. The van der Waals surface area contributed by atoms with Crippen LogP contribution in [0.25, 0.3) is 11.0 Å². The SMILES string of the molecule is O=C(NCc1ccc2c(c1)OCO2)c1ccccc1NC(=O)c1cc2ccccc2oc1=O. The summed E-state index contributed by atoms with van der Waals surface area (Å²) in [7, 11) is 0. The maximum absolute atomic E-state index is 12.8. The Bertz CT molecular complexity index is 1440. The molecule has 3 aromatic carbocycles. The Morgan fingerprint density at radius 2 is 1.61 bits per heavy atom. The third-order valence-electron chi connectivity index (χ3n) is 5.20. The molecule has 1 aliphatic rings. The molecule has 2 N–H and O–H groups in total. The summed E-state index contributed by atoms with van der Waals surface area (Å²) in [6.45, 7) is 0.430. The van der Waals surface area contributed by atoms with E-state index < -0.39 is 11.5 Å². The molecule has 0 fully saturated rings. The van der Waals surface area contributed by atoms with Gasteiger partial charge in [-0.05, 0) is 42.0 Å². The van der Waals surface area contributed by atoms with Crippen LogP contribution in [-0.4, -0.2) is 18.6 Å². The fraction of sp³-hybridized carbons (Fsp3) is 0.0800. The highest BCUT2D eigenvalue weighted by molar-refractivity contribution is 6.09. The number of hydrogen-bond donors (Lipinski definition) is 2. The Labute approximate surface area is 187 Å². The Hall–Kier alpha value is -4.59. The minimum absolute atomic E-state index is 0.149. The lowest BCUT2D eigenvalue weighted by atomic mass is 10.1. The van der Waals surface area contributed by atoms with Gasteiger partial charge in [-0.25, -0.2) is 4.79 Å². The van der Waals surface area contributed by atoms with E-state index in [2.05, 4.69) is 10.6 Å². The topological polar surface area (TPSA) is 107 Å². The molecule has 8 nitrogen and oxygen atoms in total. The number of para-hydroxylation sites is 2. The Kier molecular flexibility index (Phi) is 5.24. The molecule has 0 aliphatic carbocycles. The van der Waals surface area contributed by atoms with Crippen molar-refractivity contribution < 1.29 is 23.5 Å². The van der Waals surface area contributed by atoms with Gasteiger partial charge in [0.25, 0.3) is 11.8 Å². The number of anilines is 1. The highest BCUT2D eigenvalue weighted by Gasteiger charge is 2.18. The fourth-order valence-corrected chi connectivity index (χ4v) is 3.53. The van der Waals surface area contributed by atoms with Gasteiger partial charge in [0.2, 0.25) is 6.79 Å². The van der Waals surface area contributed by atoms with Gasteiger partial charge in [0.1, 0.15) is 11.1 Å². The van der Waals surface area contributed by atoms with Crippen LogP contribution in [0.4, 0.5) is 5.69 Å². The smallest absolute Gasteiger partial charge is 0.349 e. The second kappa shape index (κ2) is 8.51. The van der Waals surface area contributed by atoms with Crippen LogP contribution in [-0.2, 0) is 6.54 Å². The summed E-state index contributed by atoms with van der Waals surface area (Å²) in [5.41, 5.74) is 0.862. The van der Waals surface area contributed by atoms with Crippen LogP contribution in [0.2, 0.25) is 0 Å². The van der Waals surface area contributed by atoms with E-state index in [0.717, 1.165) is 5.56 Å². The molecule has 0 bridgehead atoms. The quantitative estimate of drug-likeness (QED) is 0.457. The molecule has 2 amide bonds. The van der Waals surface area contributed by atoms with Crippen molar-refractivity contribution in [2.75, 3.05) is 12.1 Å². The van der Waals surface area contributed by atoms with Gasteiger partial charge < -0.3 is 24.5 Å². The molecule has 0 unspecified atom stereocenters. The lowest BCUT2D eigenvalue weighted by Crippen LogP contribution is -2.26. The van der Waals surface area contributed by atoms with Crippen molar-refractivity contribution in [3.8, 4) is 11.5 Å². The van der Waals surface area contributed by atoms with Crippen molar-refractivity contribution in [2.45, 2.75) is 6.54 Å². The zero-order valence-corrected chi connectivity index (χ0v) is 17.3. The van der Waals surface area contributed by atoms with Crippen molar-refractivity contribution >= 4 is 28.5 Å². The van der Waals surface area contributed by atoms with Crippen LogP contribution in [0.1, 0.15) is 26.3 Å². The second-order valence-electron chi connectivity index (χ2n) is 7.36. The Morgan fingerprint density at radius 3 is 2.52 bits per heavy atom. The van der Waals surface area contributed by atoms with Gasteiger partial charge in [0, 0.05) is 11.9 Å². The van der Waals surface area contributed by atoms with Crippen LogP contribution in [0, 0.1) is 0 Å². The summed E-state index contributed by atoms with van der Waals surface area (Å²) in [6.07, 6.45) is 0. The highest BCUT2D eigenvalue weighted by atomic mass is 16.7. The summed E-state index contributed by atoms with van der Waals surface area (Å²) in [5, 5.41) is 6.10. The monoisotopic (exact) mass is 442 g/mol. The average Bonchev–Trinajstić information content (AvgIpc) is 3.30. The van der Waals surface area contributed by atoms with E-state index in [0.29, 0.717) is 22.5 Å². The maximum atomic E-state index is 12.8. The molecule has 2 heterocycles. The molecule has 8 heteroatoms. The Balaban J connectivity index is 1.33. The van der Waals surface area contributed by atoms with Crippen molar-refractivity contribution in [2.24, 2.45) is 0 Å². The first-order valence-corrected chi connectivity index (χ1v) is 10.2. The van der Waals surface area contributed by atoms with Gasteiger partial charge in [0.15, 0.2) is 11.5 Å². The van der Waals surface area contributed by atoms with E-state index in [9.17, 15) is 14.4 Å². The number of benzene rings is 3. The summed E-state index contributed by atoms with van der Waals surface area (Å²) in [4.78, 5) is 37.9. The fourth-order valence-electron chi connectivity index (χ4n) is 3.53. The number of hydrogen-bond acceptors (Lipinski definition) is 6. The van der Waals surface area contributed by atoms with Gasteiger partial charge in [0.05, 0.1) is 11.3 Å². The summed E-state index contributed by atoms with van der Waals surface area (Å²) >= 11 is 0. The molecule has 164 valence electrons. The van der Waals surface area contributed by atoms with Crippen molar-refractivity contribution in [3.63, 3.8) is 0 Å². The molecule has 0 saturated heterocycles. The number of rotatable bonds is 5. The number of fused-ring (bicyclic) bond motifs is 2. The summed E-state index contributed by atoms with van der Waals surface area (Å²) < 4.78 is 15.9. The molecular weight excluding hydrogens is 424 g/mol. The molecule has 0 spiro atoms. The van der Waals surface area contributed by atoms with Crippen molar-refractivity contribution in [3.05, 3.63) is 99.9 Å². The van der Waals surface area contributed by atoms with E-state index in [1.165, 1.54) is 6.07 Å². The van der Waals surface area contributed by atoms with Crippen LogP contribution >= 0.6 is 0 Å². The number of nitrogens with one attached hydrogen (secondary N) is 2. The van der Waals surface area contributed by atoms with Crippen molar-refractivity contribution in [1.82, 2.24) is 5.32 Å². The predicted octanol–water partition coefficient (Wildman–Crippen LogP) is 3.70. The molecule has 33 heavy (non-hydrogen) atoms. The van der Waals surface area contributed by atoms with E-state index >= 15 is 0 Å². The Morgan fingerprint density at radius 1 is 0.818 bits per heavy atom. The van der Waals surface area contributed by atoms with Crippen LogP contribution in [0.3, 0.4) is 0 Å². The van der Waals surface area contributed by atoms with E-state index in [1.807, 2.05) is 6.07 Å². The lowest BCUT2D eigenvalue weighted by molar-refractivity contribution is 0.0951. The number of ether oxygens (including phenoxy) is 2. The largest absolute Gasteiger partial charge is 0.454 e. The first-order valence-electron chi connectivity index (χ1n) is 10.2. The zero-order valence-electron chi connectivity index (χ0n) is 17.3. The summed E-state index contributed by atoms with van der Waals surface area (Å²) in [6, 6.07) is 20.4. The third-order valence-corrected chi connectivity index (χ3v) is 5.20. The molecular formula is C25H18N2O6. The minimum Gasteiger partial charge on any atom is -0.454 e. The maximum Gasteiger partial charge on any atom is 0.349 e. The van der Waals surface area contributed by atoms with Crippen molar-refractivity contribution in [1.29, 1.82) is 0 Å². The van der Waals surface area contributed by atoms with Crippen LogP contribution in [0.5, 0.6) is 11.5 Å². The van der Waals surface area contributed by atoms with Gasteiger partial charge in [-0.15, -0.1) is 0 Å². The van der Waals surface area contributed by atoms with E-state index in [-0.39, 0.29) is 36.1 Å².